The van der Waals surface area contributed by atoms with Crippen LogP contribution in [-0.2, 0) is 4.74 Å². The van der Waals surface area contributed by atoms with Gasteiger partial charge in [-0.25, -0.2) is 10.2 Å². The lowest BCUT2D eigenvalue weighted by atomic mass is 10.2. The van der Waals surface area contributed by atoms with Crippen molar-refractivity contribution in [3.05, 3.63) is 76.6 Å². The fraction of sp³-hybridized carbons (Fsp3) is 0.208. The number of nitrogens with one attached hydrogen (secondary N) is 1. The molecular formula is C24H25N3O5. The lowest BCUT2D eigenvalue weighted by Crippen LogP contribution is -2.18. The molecule has 0 aliphatic heterocycles. The van der Waals surface area contributed by atoms with Gasteiger partial charge < -0.3 is 18.8 Å². The number of rotatable bonds is 7. The minimum Gasteiger partial charge on any atom is -0.497 e. The molecule has 0 unspecified atom stereocenters. The monoisotopic (exact) mass is 435 g/mol. The summed E-state index contributed by atoms with van der Waals surface area (Å²) in [5.41, 5.74) is 7.04. The summed E-state index contributed by atoms with van der Waals surface area (Å²) in [7, 11) is 4.38. The van der Waals surface area contributed by atoms with Gasteiger partial charge in [0.1, 0.15) is 11.5 Å². The van der Waals surface area contributed by atoms with E-state index in [-0.39, 0.29) is 5.97 Å². The van der Waals surface area contributed by atoms with Crippen molar-refractivity contribution in [2.24, 2.45) is 5.10 Å². The molecule has 0 fully saturated rings. The number of hydrogen-bond donors (Lipinski definition) is 1. The van der Waals surface area contributed by atoms with Crippen LogP contribution >= 0.6 is 0 Å². The summed E-state index contributed by atoms with van der Waals surface area (Å²) in [6.07, 6.45) is 1.59. The number of aromatic nitrogens is 1. The first-order valence-electron chi connectivity index (χ1n) is 9.82. The molecule has 8 heteroatoms. The highest BCUT2D eigenvalue weighted by Crippen LogP contribution is 2.24. The Labute approximate surface area is 186 Å². The van der Waals surface area contributed by atoms with Crippen LogP contribution in [-0.4, -0.2) is 44.0 Å². The molecule has 2 aromatic carbocycles. The van der Waals surface area contributed by atoms with E-state index in [9.17, 15) is 9.59 Å². The molecular weight excluding hydrogens is 410 g/mol. The van der Waals surface area contributed by atoms with E-state index >= 15 is 0 Å². The number of methoxy groups -OCH3 is 3. The van der Waals surface area contributed by atoms with Crippen molar-refractivity contribution in [2.75, 3.05) is 21.3 Å². The Hall–Kier alpha value is -4.07. The maximum absolute atomic E-state index is 12.5. The fourth-order valence-corrected chi connectivity index (χ4v) is 3.39. The number of hydrazone groups is 1. The molecule has 0 spiro atoms. The van der Waals surface area contributed by atoms with Crippen molar-refractivity contribution in [3.63, 3.8) is 0 Å². The topological polar surface area (TPSA) is 91.2 Å². The van der Waals surface area contributed by atoms with Gasteiger partial charge >= 0.3 is 5.97 Å². The minimum absolute atomic E-state index is 0.349. The predicted molar refractivity (Wildman–Crippen MR) is 121 cm³/mol. The van der Waals surface area contributed by atoms with Crippen LogP contribution in [0.25, 0.3) is 5.69 Å². The van der Waals surface area contributed by atoms with Gasteiger partial charge in [0.2, 0.25) is 0 Å². The third-order valence-electron chi connectivity index (χ3n) is 5.04. The minimum atomic E-state index is -0.395. The molecule has 0 aliphatic carbocycles. The van der Waals surface area contributed by atoms with Crippen molar-refractivity contribution >= 4 is 18.1 Å². The number of aryl methyl sites for hydroxylation is 1. The molecule has 0 aliphatic rings. The number of carbonyl (C=O) groups is 2. The molecule has 8 nitrogen and oxygen atoms in total. The lowest BCUT2D eigenvalue weighted by Gasteiger charge is -2.10. The first kappa shape index (κ1) is 22.6. The Bertz CT molecular complexity index is 1160. The second-order valence-electron chi connectivity index (χ2n) is 6.97. The van der Waals surface area contributed by atoms with Crippen LogP contribution in [0.5, 0.6) is 11.5 Å². The molecule has 0 saturated carbocycles. The third-order valence-corrected chi connectivity index (χ3v) is 5.04. The zero-order valence-electron chi connectivity index (χ0n) is 18.6. The Morgan fingerprint density at radius 3 is 2.31 bits per heavy atom. The van der Waals surface area contributed by atoms with E-state index in [1.54, 1.807) is 43.7 Å². The highest BCUT2D eigenvalue weighted by Gasteiger charge is 2.14. The quantitative estimate of drug-likeness (QED) is 0.347. The maximum atomic E-state index is 12.5. The van der Waals surface area contributed by atoms with E-state index in [2.05, 4.69) is 10.5 Å². The van der Waals surface area contributed by atoms with Crippen LogP contribution in [0.15, 0.2) is 53.6 Å². The number of carbonyl (C=O) groups excluding carboxylic acids is 2. The van der Waals surface area contributed by atoms with Gasteiger partial charge in [-0.15, -0.1) is 0 Å². The van der Waals surface area contributed by atoms with Gasteiger partial charge in [0.25, 0.3) is 5.91 Å². The fourth-order valence-electron chi connectivity index (χ4n) is 3.39. The number of amides is 1. The summed E-state index contributed by atoms with van der Waals surface area (Å²) in [6.45, 7) is 3.93. The van der Waals surface area contributed by atoms with Crippen LogP contribution in [0.2, 0.25) is 0 Å². The Balaban J connectivity index is 1.78. The molecule has 0 radical (unpaired) electrons. The van der Waals surface area contributed by atoms with Gasteiger partial charge in [-0.05, 0) is 56.3 Å². The van der Waals surface area contributed by atoms with Gasteiger partial charge in [-0.1, -0.05) is 0 Å². The zero-order valence-corrected chi connectivity index (χ0v) is 18.6. The highest BCUT2D eigenvalue weighted by atomic mass is 16.5. The largest absolute Gasteiger partial charge is 0.497 e. The van der Waals surface area contributed by atoms with Gasteiger partial charge in [-0.2, -0.15) is 5.10 Å². The van der Waals surface area contributed by atoms with Crippen LogP contribution < -0.4 is 14.9 Å². The summed E-state index contributed by atoms with van der Waals surface area (Å²) < 4.78 is 17.2. The molecule has 3 aromatic rings. The van der Waals surface area contributed by atoms with Crippen molar-refractivity contribution in [1.82, 2.24) is 9.99 Å². The number of benzene rings is 2. The van der Waals surface area contributed by atoms with Crippen LogP contribution in [0.3, 0.4) is 0 Å². The zero-order chi connectivity index (χ0) is 23.3. The van der Waals surface area contributed by atoms with Crippen molar-refractivity contribution < 1.29 is 23.8 Å². The van der Waals surface area contributed by atoms with E-state index < -0.39 is 5.91 Å². The van der Waals surface area contributed by atoms with E-state index in [1.165, 1.54) is 14.2 Å². The van der Waals surface area contributed by atoms with Crippen LogP contribution in [0.4, 0.5) is 0 Å². The van der Waals surface area contributed by atoms with Crippen molar-refractivity contribution in [2.45, 2.75) is 13.8 Å². The molecule has 0 bridgehead atoms. The van der Waals surface area contributed by atoms with Crippen LogP contribution in [0, 0.1) is 13.8 Å². The first-order chi connectivity index (χ1) is 15.4. The number of hydrogen-bond acceptors (Lipinski definition) is 6. The average molecular weight is 435 g/mol. The Kier molecular flexibility index (Phi) is 6.94. The molecule has 1 N–H and O–H groups in total. The molecule has 0 atom stereocenters. The summed E-state index contributed by atoms with van der Waals surface area (Å²) in [5, 5.41) is 4.11. The number of esters is 1. The van der Waals surface area contributed by atoms with E-state index in [0.717, 1.165) is 22.6 Å². The highest BCUT2D eigenvalue weighted by molar-refractivity contribution is 5.97. The Morgan fingerprint density at radius 2 is 1.69 bits per heavy atom. The van der Waals surface area contributed by atoms with E-state index in [0.29, 0.717) is 22.6 Å². The molecule has 1 amide bonds. The SMILES string of the molecule is COC(=O)c1ccc(-n2c(C)cc(/C=N\NC(=O)c3ccc(OC)cc3OC)c2C)cc1. The normalized spacial score (nSPS) is 10.8. The second kappa shape index (κ2) is 9.82. The van der Waals surface area contributed by atoms with E-state index in [4.69, 9.17) is 14.2 Å². The molecule has 166 valence electrons. The van der Waals surface area contributed by atoms with Gasteiger partial charge in [-0.3, -0.25) is 4.79 Å². The summed E-state index contributed by atoms with van der Waals surface area (Å²) in [4.78, 5) is 24.2. The molecule has 1 heterocycles. The number of ether oxygens (including phenoxy) is 3. The summed E-state index contributed by atoms with van der Waals surface area (Å²) in [6, 6.07) is 14.0. The smallest absolute Gasteiger partial charge is 0.337 e. The standard InChI is InChI=1S/C24H25N3O5/c1-15-12-18(16(2)27(15)19-8-6-17(7-9-19)24(29)32-5)14-25-26-23(28)21-11-10-20(30-3)13-22(21)31-4/h6-14H,1-5H3,(H,26,28)/b25-14-. The van der Waals surface area contributed by atoms with E-state index in [1.807, 2.05) is 36.6 Å². The molecule has 1 aromatic heterocycles. The van der Waals surface area contributed by atoms with Crippen molar-refractivity contribution in [3.8, 4) is 17.2 Å². The van der Waals surface area contributed by atoms with Gasteiger partial charge in [0, 0.05) is 28.7 Å². The van der Waals surface area contributed by atoms with Crippen LogP contribution in [0.1, 0.15) is 37.7 Å². The summed E-state index contributed by atoms with van der Waals surface area (Å²) >= 11 is 0. The maximum Gasteiger partial charge on any atom is 0.337 e. The predicted octanol–water partition coefficient (Wildman–Crippen LogP) is 3.66. The van der Waals surface area contributed by atoms with Gasteiger partial charge in [0.05, 0.1) is 38.7 Å². The van der Waals surface area contributed by atoms with Crippen molar-refractivity contribution in [1.29, 1.82) is 0 Å². The lowest BCUT2D eigenvalue weighted by molar-refractivity contribution is 0.0600. The molecule has 32 heavy (non-hydrogen) atoms. The average Bonchev–Trinajstić information content (AvgIpc) is 3.10. The third kappa shape index (κ3) is 4.64. The second-order valence-corrected chi connectivity index (χ2v) is 6.97. The molecule has 0 saturated heterocycles. The summed E-state index contributed by atoms with van der Waals surface area (Å²) in [5.74, 6) is 0.210. The molecule has 3 rings (SSSR count). The Morgan fingerprint density at radius 1 is 0.969 bits per heavy atom. The van der Waals surface area contributed by atoms with Gasteiger partial charge in [0.15, 0.2) is 0 Å². The number of nitrogens with zero attached hydrogens (tertiary/aromatic N) is 2. The first-order valence-corrected chi connectivity index (χ1v) is 9.82.